The molecule has 0 spiro atoms. The standard InChI is InChI=1S/C59H74B2Cl2O10/c1-35(2)10-6-11-36(3)49-20-21-50-46-19-18-42-26-37(22-24-58(42,4)51(46)23-25-59(49,50)5)12-9-17-45(40-29-47(56(64)65)54(52(62)31-40)72-33-38-13-7-15-43(27-38)60(68)69)41-30-48(57(66)67)55(53(63)32-41)73-34-39-14-8-16-44(28-39)61(70)71/h7-8,13-17,27-32,35-37,42,46,49-51,68-71H,6,9-12,18-26,33-34H2,1-5H3,(H,64,65)(H,66,67)/t36?,37-,42?,46-,49+,50-,51-,58-,59+/m0/s1. The number of ether oxygens (including phenoxy) is 2. The van der Waals surface area contributed by atoms with E-state index in [2.05, 4.69) is 34.6 Å². The second-order valence-electron chi connectivity index (χ2n) is 23.1. The topological polar surface area (TPSA) is 174 Å². The van der Waals surface area contributed by atoms with E-state index in [0.29, 0.717) is 56.9 Å². The third-order valence-electron chi connectivity index (χ3n) is 18.3. The summed E-state index contributed by atoms with van der Waals surface area (Å²) >= 11 is 13.9. The van der Waals surface area contributed by atoms with Gasteiger partial charge in [-0.3, -0.25) is 0 Å². The van der Waals surface area contributed by atoms with E-state index < -0.39 is 26.2 Å². The second kappa shape index (κ2) is 23.3. The molecule has 4 aromatic carbocycles. The minimum Gasteiger partial charge on any atom is -0.486 e. The highest BCUT2D eigenvalue weighted by atomic mass is 35.5. The van der Waals surface area contributed by atoms with Crippen molar-refractivity contribution < 1.29 is 49.4 Å². The molecule has 0 aliphatic heterocycles. The Kier molecular flexibility index (Phi) is 17.5. The molecule has 4 aromatic rings. The van der Waals surface area contributed by atoms with Gasteiger partial charge in [0.15, 0.2) is 11.5 Å². The summed E-state index contributed by atoms with van der Waals surface area (Å²) in [6, 6.07) is 19.1. The highest BCUT2D eigenvalue weighted by Crippen LogP contribution is 2.69. The van der Waals surface area contributed by atoms with E-state index in [-0.39, 0.29) is 56.8 Å². The first kappa shape index (κ1) is 55.0. The molecule has 8 rings (SSSR count). The second-order valence-corrected chi connectivity index (χ2v) is 23.9. The summed E-state index contributed by atoms with van der Waals surface area (Å²) in [5.74, 6) is 3.32. The SMILES string of the molecule is CC(C)CCCC(C)[C@H]1CC[C@H]2[C@@H]3CCC4C[C@@H](CCC=C(c5cc(Cl)c(OCc6cccc(B(O)O)c6)c(C(=O)O)c5)c5cc(Cl)c(OCc6cccc(B(O)O)c6)c(C(=O)O)c5)CC[C@]4(C)[C@H]3CC[C@]12C. The van der Waals surface area contributed by atoms with Crippen molar-refractivity contribution in [2.45, 2.75) is 138 Å². The van der Waals surface area contributed by atoms with E-state index in [0.717, 1.165) is 48.3 Å². The molecular formula is C59H74B2Cl2O10. The minimum absolute atomic E-state index is 0.0216. The summed E-state index contributed by atoms with van der Waals surface area (Å²) in [5, 5.41) is 60.0. The summed E-state index contributed by atoms with van der Waals surface area (Å²) in [4.78, 5) is 26.0. The molecule has 0 aromatic heterocycles. The maximum absolute atomic E-state index is 13.0. The molecule has 4 saturated carbocycles. The van der Waals surface area contributed by atoms with Crippen LogP contribution in [0, 0.1) is 58.2 Å². The Morgan fingerprint density at radius 3 is 1.78 bits per heavy atom. The van der Waals surface area contributed by atoms with Crippen LogP contribution >= 0.6 is 23.2 Å². The summed E-state index contributed by atoms with van der Waals surface area (Å²) < 4.78 is 12.0. The lowest BCUT2D eigenvalue weighted by atomic mass is 9.44. The Morgan fingerprint density at radius 1 is 0.699 bits per heavy atom. The smallest absolute Gasteiger partial charge is 0.486 e. The molecule has 73 heavy (non-hydrogen) atoms. The van der Waals surface area contributed by atoms with Crippen LogP contribution in [0.2, 0.25) is 10.0 Å². The van der Waals surface area contributed by atoms with Gasteiger partial charge < -0.3 is 39.8 Å². The van der Waals surface area contributed by atoms with Crippen LogP contribution in [-0.2, 0) is 13.2 Å². The van der Waals surface area contributed by atoms with Crippen molar-refractivity contribution in [3.05, 3.63) is 122 Å². The van der Waals surface area contributed by atoms with Gasteiger partial charge in [0.1, 0.15) is 24.3 Å². The molecule has 2 unspecified atom stereocenters. The van der Waals surface area contributed by atoms with E-state index >= 15 is 0 Å². The maximum atomic E-state index is 13.0. The fourth-order valence-corrected chi connectivity index (χ4v) is 15.2. The Bertz CT molecular complexity index is 2530. The minimum atomic E-state index is -1.69. The number of hydrogen-bond donors (Lipinski definition) is 6. The molecule has 10 nitrogen and oxygen atoms in total. The van der Waals surface area contributed by atoms with Gasteiger partial charge in [-0.1, -0.05) is 132 Å². The highest BCUT2D eigenvalue weighted by Gasteiger charge is 2.60. The number of aromatic carboxylic acids is 2. The molecule has 9 atom stereocenters. The largest absolute Gasteiger partial charge is 0.488 e. The van der Waals surface area contributed by atoms with Crippen LogP contribution in [0.5, 0.6) is 11.5 Å². The first-order chi connectivity index (χ1) is 34.8. The quantitative estimate of drug-likeness (QED) is 0.0468. The lowest BCUT2D eigenvalue weighted by molar-refractivity contribution is -0.121. The molecule has 0 heterocycles. The normalized spacial score (nSPS) is 25.8. The van der Waals surface area contributed by atoms with Crippen LogP contribution in [0.15, 0.2) is 78.9 Å². The molecule has 0 saturated heterocycles. The van der Waals surface area contributed by atoms with E-state index in [4.69, 9.17) is 32.7 Å². The Hall–Kier alpha value is -4.29. The average molecular weight is 1040 g/mol. The number of halogens is 2. The lowest BCUT2D eigenvalue weighted by Crippen LogP contribution is -2.53. The van der Waals surface area contributed by atoms with Crippen LogP contribution < -0.4 is 20.4 Å². The fourth-order valence-electron chi connectivity index (χ4n) is 14.6. The summed E-state index contributed by atoms with van der Waals surface area (Å²) in [5.41, 5.74) is 3.44. The highest BCUT2D eigenvalue weighted by molar-refractivity contribution is 6.59. The Balaban J connectivity index is 1.04. The zero-order chi connectivity index (χ0) is 52.4. The third kappa shape index (κ3) is 12.1. The first-order valence-corrected chi connectivity index (χ1v) is 27.5. The first-order valence-electron chi connectivity index (χ1n) is 26.8. The predicted octanol–water partition coefficient (Wildman–Crippen LogP) is 11.9. The van der Waals surface area contributed by atoms with Crippen LogP contribution in [-0.4, -0.2) is 56.5 Å². The van der Waals surface area contributed by atoms with Gasteiger partial charge in [-0.15, -0.1) is 0 Å². The number of carboxylic acids is 2. The fraction of sp³-hybridized carbons (Fsp3) is 0.525. The van der Waals surface area contributed by atoms with E-state index in [1.54, 1.807) is 60.7 Å². The van der Waals surface area contributed by atoms with Crippen molar-refractivity contribution in [2.24, 2.45) is 58.2 Å². The monoisotopic (exact) mass is 1030 g/mol. The van der Waals surface area contributed by atoms with Gasteiger partial charge in [0.2, 0.25) is 0 Å². The van der Waals surface area contributed by atoms with Crippen molar-refractivity contribution in [2.75, 3.05) is 0 Å². The number of allylic oxidation sites excluding steroid dienone is 1. The lowest BCUT2D eigenvalue weighted by Gasteiger charge is -2.61. The average Bonchev–Trinajstić information content (AvgIpc) is 3.71. The summed E-state index contributed by atoms with van der Waals surface area (Å²) in [7, 11) is -3.38. The molecule has 0 bridgehead atoms. The Labute approximate surface area is 442 Å². The Morgan fingerprint density at radius 2 is 1.25 bits per heavy atom. The van der Waals surface area contributed by atoms with E-state index in [1.807, 2.05) is 6.08 Å². The van der Waals surface area contributed by atoms with Crippen molar-refractivity contribution >= 4 is 65.9 Å². The number of rotatable bonds is 20. The van der Waals surface area contributed by atoms with Crippen molar-refractivity contribution in [3.63, 3.8) is 0 Å². The van der Waals surface area contributed by atoms with Gasteiger partial charge >= 0.3 is 26.2 Å². The van der Waals surface area contributed by atoms with Gasteiger partial charge in [-0.05, 0) is 192 Å². The number of fused-ring (bicyclic) bond motifs is 5. The zero-order valence-corrected chi connectivity index (χ0v) is 44.7. The van der Waals surface area contributed by atoms with Crippen LogP contribution in [0.25, 0.3) is 5.57 Å². The molecule has 4 aliphatic carbocycles. The molecule has 6 N–H and O–H groups in total. The number of hydrogen-bond acceptors (Lipinski definition) is 8. The predicted molar refractivity (Wildman–Crippen MR) is 291 cm³/mol. The number of carboxylic acid groups (broad SMARTS) is 2. The summed E-state index contributed by atoms with van der Waals surface area (Å²) in [6.45, 7) is 12.3. The molecule has 390 valence electrons. The van der Waals surface area contributed by atoms with Crippen molar-refractivity contribution in [3.8, 4) is 11.5 Å². The van der Waals surface area contributed by atoms with Gasteiger partial charge in [-0.2, -0.15) is 0 Å². The zero-order valence-electron chi connectivity index (χ0n) is 43.2. The van der Waals surface area contributed by atoms with E-state index in [9.17, 15) is 39.9 Å². The number of carbonyl (C=O) groups is 2. The van der Waals surface area contributed by atoms with Gasteiger partial charge in [0.05, 0.1) is 10.0 Å². The van der Waals surface area contributed by atoms with Crippen LogP contribution in [0.1, 0.15) is 167 Å². The summed E-state index contributed by atoms with van der Waals surface area (Å²) in [6.07, 6.45) is 19.3. The van der Waals surface area contributed by atoms with Gasteiger partial charge in [0, 0.05) is 0 Å². The van der Waals surface area contributed by atoms with Crippen LogP contribution in [0.3, 0.4) is 0 Å². The number of benzene rings is 4. The van der Waals surface area contributed by atoms with Gasteiger partial charge in [0.25, 0.3) is 0 Å². The molecule has 0 amide bonds. The van der Waals surface area contributed by atoms with Crippen molar-refractivity contribution in [1.29, 1.82) is 0 Å². The molecule has 0 radical (unpaired) electrons. The molecular weight excluding hydrogens is 961 g/mol. The molecule has 14 heteroatoms. The van der Waals surface area contributed by atoms with Gasteiger partial charge in [-0.25, -0.2) is 9.59 Å². The van der Waals surface area contributed by atoms with Crippen LogP contribution in [0.4, 0.5) is 0 Å². The molecule has 4 fully saturated rings. The molecule has 4 aliphatic rings. The maximum Gasteiger partial charge on any atom is 0.488 e. The van der Waals surface area contributed by atoms with Crippen molar-refractivity contribution in [1.82, 2.24) is 0 Å². The third-order valence-corrected chi connectivity index (χ3v) is 18.9. The van der Waals surface area contributed by atoms with E-state index in [1.165, 1.54) is 82.8 Å².